The first-order valence-electron chi connectivity index (χ1n) is 7.93. The number of nitrogens with zero attached hydrogens (tertiary/aromatic N) is 2. The summed E-state index contributed by atoms with van der Waals surface area (Å²) in [6.45, 7) is 7.26. The third-order valence-electron chi connectivity index (χ3n) is 4.66. The predicted octanol–water partition coefficient (Wildman–Crippen LogP) is 2.80. The molecule has 1 atom stereocenters. The molecule has 1 aromatic heterocycles. The van der Waals surface area contributed by atoms with Crippen LogP contribution in [0.2, 0.25) is 0 Å². The lowest BCUT2D eigenvalue weighted by Crippen LogP contribution is -2.42. The Morgan fingerprint density at radius 3 is 2.90 bits per heavy atom. The number of hydrogen-bond acceptors (Lipinski definition) is 3. The second-order valence-corrected chi connectivity index (χ2v) is 6.24. The molecule has 2 rings (SSSR count). The molecule has 4 nitrogen and oxygen atoms in total. The summed E-state index contributed by atoms with van der Waals surface area (Å²) in [6.07, 6.45) is 8.37. The minimum Gasteiger partial charge on any atom is -0.383 e. The average Bonchev–Trinajstić information content (AvgIpc) is 2.88. The van der Waals surface area contributed by atoms with Crippen molar-refractivity contribution in [1.82, 2.24) is 15.1 Å². The molecular formula is C16H29N3O. The minimum atomic E-state index is 0.433. The summed E-state index contributed by atoms with van der Waals surface area (Å²) in [5, 5.41) is 8.29. The quantitative estimate of drug-likeness (QED) is 0.707. The van der Waals surface area contributed by atoms with Gasteiger partial charge < -0.3 is 10.1 Å². The molecule has 1 N–H and O–H groups in total. The number of ether oxygens (including phenoxy) is 1. The van der Waals surface area contributed by atoms with Crippen LogP contribution in [0.1, 0.15) is 51.3 Å². The lowest BCUT2D eigenvalue weighted by atomic mass is 9.66. The Morgan fingerprint density at radius 2 is 2.30 bits per heavy atom. The zero-order chi connectivity index (χ0) is 14.4. The lowest BCUT2D eigenvalue weighted by molar-refractivity contribution is 0.121. The van der Waals surface area contributed by atoms with Gasteiger partial charge in [0, 0.05) is 32.4 Å². The fourth-order valence-electron chi connectivity index (χ4n) is 2.91. The van der Waals surface area contributed by atoms with Gasteiger partial charge in [-0.25, -0.2) is 0 Å². The first-order valence-corrected chi connectivity index (χ1v) is 7.93. The molecule has 1 fully saturated rings. The molecule has 20 heavy (non-hydrogen) atoms. The van der Waals surface area contributed by atoms with Crippen molar-refractivity contribution in [2.75, 3.05) is 26.8 Å². The smallest absolute Gasteiger partial charge is 0.0630 e. The van der Waals surface area contributed by atoms with E-state index >= 15 is 0 Å². The van der Waals surface area contributed by atoms with E-state index in [0.29, 0.717) is 11.5 Å². The highest BCUT2D eigenvalue weighted by Gasteiger charge is 2.37. The molecular weight excluding hydrogens is 250 g/mol. The molecule has 1 aromatic rings. The van der Waals surface area contributed by atoms with Crippen LogP contribution < -0.4 is 5.32 Å². The highest BCUT2D eigenvalue weighted by Crippen LogP contribution is 2.42. The molecule has 4 heteroatoms. The number of methoxy groups -OCH3 is 1. The monoisotopic (exact) mass is 279 g/mol. The van der Waals surface area contributed by atoms with Crippen molar-refractivity contribution in [3.8, 4) is 0 Å². The van der Waals surface area contributed by atoms with Gasteiger partial charge in [0.1, 0.15) is 0 Å². The lowest BCUT2D eigenvalue weighted by Gasteiger charge is -2.42. The van der Waals surface area contributed by atoms with Crippen LogP contribution in [0.3, 0.4) is 0 Å². The van der Waals surface area contributed by atoms with Gasteiger partial charge in [0.15, 0.2) is 0 Å². The summed E-state index contributed by atoms with van der Waals surface area (Å²) < 4.78 is 7.20. The van der Waals surface area contributed by atoms with Gasteiger partial charge in [-0.3, -0.25) is 4.68 Å². The highest BCUT2D eigenvalue weighted by molar-refractivity contribution is 5.06. The second-order valence-electron chi connectivity index (χ2n) is 6.24. The van der Waals surface area contributed by atoms with Crippen LogP contribution in [0.25, 0.3) is 0 Å². The van der Waals surface area contributed by atoms with E-state index in [1.807, 2.05) is 0 Å². The second kappa shape index (κ2) is 7.23. The van der Waals surface area contributed by atoms with E-state index in [9.17, 15) is 0 Å². The third kappa shape index (κ3) is 3.83. The Morgan fingerprint density at radius 1 is 1.50 bits per heavy atom. The normalized spacial score (nSPS) is 18.8. The Hall–Kier alpha value is -0.870. The van der Waals surface area contributed by atoms with Crippen LogP contribution in [-0.2, 0) is 11.2 Å². The van der Waals surface area contributed by atoms with Gasteiger partial charge in [-0.2, -0.15) is 5.10 Å². The molecule has 0 bridgehead atoms. The summed E-state index contributed by atoms with van der Waals surface area (Å²) in [6, 6.07) is 2.70. The first-order chi connectivity index (χ1) is 9.69. The summed E-state index contributed by atoms with van der Waals surface area (Å²) >= 11 is 0. The van der Waals surface area contributed by atoms with Gasteiger partial charge in [-0.05, 0) is 44.1 Å². The molecule has 0 aromatic carbocycles. The van der Waals surface area contributed by atoms with Crippen LogP contribution in [0.4, 0.5) is 0 Å². The molecule has 1 aliphatic rings. The maximum Gasteiger partial charge on any atom is 0.0630 e. The molecule has 1 heterocycles. The van der Waals surface area contributed by atoms with Gasteiger partial charge in [0.25, 0.3) is 0 Å². The predicted molar refractivity (Wildman–Crippen MR) is 82.0 cm³/mol. The van der Waals surface area contributed by atoms with E-state index in [4.69, 9.17) is 9.84 Å². The van der Waals surface area contributed by atoms with E-state index in [0.717, 1.165) is 32.5 Å². The molecule has 1 saturated carbocycles. The topological polar surface area (TPSA) is 39.1 Å². The van der Waals surface area contributed by atoms with E-state index in [2.05, 4.69) is 36.1 Å². The van der Waals surface area contributed by atoms with Crippen molar-refractivity contribution >= 4 is 0 Å². The standard InChI is InChI=1S/C16H29N3O/c1-4-14(2)19-10-6-15(18-19)12-16(7-5-8-16)13-17-9-11-20-3/h6,10,14,17H,4-5,7-9,11-13H2,1-3H3. The summed E-state index contributed by atoms with van der Waals surface area (Å²) in [5.74, 6) is 0. The molecule has 114 valence electrons. The molecule has 0 aliphatic heterocycles. The fourth-order valence-corrected chi connectivity index (χ4v) is 2.91. The molecule has 0 radical (unpaired) electrons. The Labute approximate surface area is 122 Å². The zero-order valence-corrected chi connectivity index (χ0v) is 13.2. The fraction of sp³-hybridized carbons (Fsp3) is 0.812. The SMILES string of the molecule is CCC(C)n1ccc(CC2(CNCCOC)CCC2)n1. The zero-order valence-electron chi connectivity index (χ0n) is 13.2. The van der Waals surface area contributed by atoms with E-state index in [1.54, 1.807) is 7.11 Å². The Bertz CT molecular complexity index is 398. The Kier molecular flexibility index (Phi) is 5.61. The van der Waals surface area contributed by atoms with E-state index in [-0.39, 0.29) is 0 Å². The summed E-state index contributed by atoms with van der Waals surface area (Å²) in [5.41, 5.74) is 1.68. The van der Waals surface area contributed by atoms with Crippen molar-refractivity contribution in [2.45, 2.75) is 52.0 Å². The molecule has 1 aliphatic carbocycles. The molecule has 0 amide bonds. The van der Waals surface area contributed by atoms with Crippen LogP contribution in [0.5, 0.6) is 0 Å². The van der Waals surface area contributed by atoms with Crippen LogP contribution in [0.15, 0.2) is 12.3 Å². The summed E-state index contributed by atoms with van der Waals surface area (Å²) in [4.78, 5) is 0. The van der Waals surface area contributed by atoms with Crippen LogP contribution >= 0.6 is 0 Å². The van der Waals surface area contributed by atoms with Crippen molar-refractivity contribution in [2.24, 2.45) is 5.41 Å². The maximum atomic E-state index is 5.09. The van der Waals surface area contributed by atoms with E-state index in [1.165, 1.54) is 25.0 Å². The van der Waals surface area contributed by atoms with Gasteiger partial charge in [-0.15, -0.1) is 0 Å². The van der Waals surface area contributed by atoms with Gasteiger partial charge in [0.05, 0.1) is 12.3 Å². The highest BCUT2D eigenvalue weighted by atomic mass is 16.5. The third-order valence-corrected chi connectivity index (χ3v) is 4.66. The van der Waals surface area contributed by atoms with Crippen molar-refractivity contribution in [3.63, 3.8) is 0 Å². The molecule has 0 spiro atoms. The van der Waals surface area contributed by atoms with Crippen molar-refractivity contribution in [3.05, 3.63) is 18.0 Å². The molecule has 0 saturated heterocycles. The van der Waals surface area contributed by atoms with Crippen LogP contribution in [-0.4, -0.2) is 36.6 Å². The van der Waals surface area contributed by atoms with Gasteiger partial charge >= 0.3 is 0 Å². The number of rotatable bonds is 9. The van der Waals surface area contributed by atoms with Crippen molar-refractivity contribution < 1.29 is 4.74 Å². The first kappa shape index (κ1) is 15.5. The van der Waals surface area contributed by atoms with Gasteiger partial charge in [0.2, 0.25) is 0 Å². The molecule has 1 unspecified atom stereocenters. The van der Waals surface area contributed by atoms with Crippen molar-refractivity contribution in [1.29, 1.82) is 0 Å². The largest absolute Gasteiger partial charge is 0.383 e. The van der Waals surface area contributed by atoms with Gasteiger partial charge in [-0.1, -0.05) is 13.3 Å². The summed E-state index contributed by atoms with van der Waals surface area (Å²) in [7, 11) is 1.75. The maximum absolute atomic E-state index is 5.09. The number of hydrogen-bond donors (Lipinski definition) is 1. The van der Waals surface area contributed by atoms with E-state index < -0.39 is 0 Å². The number of aromatic nitrogens is 2. The van der Waals surface area contributed by atoms with Crippen LogP contribution in [0, 0.1) is 5.41 Å². The number of nitrogens with one attached hydrogen (secondary N) is 1. The average molecular weight is 279 g/mol. The minimum absolute atomic E-state index is 0.433. The Balaban J connectivity index is 1.87.